The van der Waals surface area contributed by atoms with Gasteiger partial charge in [0.05, 0.1) is 13.7 Å². The fourth-order valence-electron chi connectivity index (χ4n) is 3.57. The van der Waals surface area contributed by atoms with Gasteiger partial charge in [0.15, 0.2) is 0 Å². The number of hydrogen-bond acceptors (Lipinski definition) is 4. The van der Waals surface area contributed by atoms with E-state index in [9.17, 15) is 9.59 Å². The Morgan fingerprint density at radius 3 is 2.42 bits per heavy atom. The van der Waals surface area contributed by atoms with Crippen molar-refractivity contribution in [3.8, 4) is 5.75 Å². The molecular weight excluding hydrogens is 392 g/mol. The highest BCUT2D eigenvalue weighted by Gasteiger charge is 2.23. The standard InChI is InChI=1S/C25H28N2O4/c1-5-31-25(29)23-17(2)22(18(3)26-23)16-27(15-19-10-7-6-8-11-19)24(28)20-12-9-13-21(14-20)30-4/h6-14,26H,5,15-16H2,1-4H3. The van der Waals surface area contributed by atoms with Crippen LogP contribution in [0, 0.1) is 13.8 Å². The first-order valence-electron chi connectivity index (χ1n) is 10.3. The molecule has 0 aliphatic carbocycles. The largest absolute Gasteiger partial charge is 0.497 e. The summed E-state index contributed by atoms with van der Waals surface area (Å²) in [5, 5.41) is 0. The number of nitrogens with zero attached hydrogens (tertiary/aromatic N) is 1. The van der Waals surface area contributed by atoms with Crippen molar-refractivity contribution in [2.75, 3.05) is 13.7 Å². The number of aromatic amines is 1. The molecule has 0 unspecified atom stereocenters. The molecule has 1 amide bonds. The average Bonchev–Trinajstić information content (AvgIpc) is 3.07. The Morgan fingerprint density at radius 1 is 1.00 bits per heavy atom. The third-order valence-electron chi connectivity index (χ3n) is 5.24. The summed E-state index contributed by atoms with van der Waals surface area (Å²) in [5.74, 6) is 0.132. The number of amides is 1. The van der Waals surface area contributed by atoms with Crippen molar-refractivity contribution < 1.29 is 19.1 Å². The Labute approximate surface area is 182 Å². The lowest BCUT2D eigenvalue weighted by Crippen LogP contribution is -2.30. The van der Waals surface area contributed by atoms with E-state index in [2.05, 4.69) is 4.98 Å². The molecule has 0 aliphatic heterocycles. The number of rotatable bonds is 8. The van der Waals surface area contributed by atoms with Crippen LogP contribution in [0.25, 0.3) is 0 Å². The van der Waals surface area contributed by atoms with Gasteiger partial charge in [-0.3, -0.25) is 4.79 Å². The third kappa shape index (κ3) is 5.15. The van der Waals surface area contributed by atoms with Crippen molar-refractivity contribution in [2.24, 2.45) is 0 Å². The van der Waals surface area contributed by atoms with Gasteiger partial charge in [0.2, 0.25) is 0 Å². The van der Waals surface area contributed by atoms with Crippen molar-refractivity contribution in [3.63, 3.8) is 0 Å². The van der Waals surface area contributed by atoms with Gasteiger partial charge in [-0.2, -0.15) is 0 Å². The van der Waals surface area contributed by atoms with E-state index in [1.54, 1.807) is 37.1 Å². The zero-order valence-corrected chi connectivity index (χ0v) is 18.4. The Bertz CT molecular complexity index is 1060. The molecule has 0 bridgehead atoms. The monoisotopic (exact) mass is 420 g/mol. The first kappa shape index (κ1) is 22.2. The Hall–Kier alpha value is -3.54. The van der Waals surface area contributed by atoms with Crippen LogP contribution in [0.4, 0.5) is 0 Å². The number of methoxy groups -OCH3 is 1. The molecule has 0 spiro atoms. The molecule has 3 aromatic rings. The summed E-state index contributed by atoms with van der Waals surface area (Å²) >= 11 is 0. The van der Waals surface area contributed by atoms with Crippen molar-refractivity contribution >= 4 is 11.9 Å². The number of carbonyl (C=O) groups excluding carboxylic acids is 2. The first-order chi connectivity index (χ1) is 14.9. The molecule has 6 nitrogen and oxygen atoms in total. The minimum Gasteiger partial charge on any atom is -0.497 e. The molecule has 1 heterocycles. The zero-order chi connectivity index (χ0) is 22.4. The number of carbonyl (C=O) groups is 2. The average molecular weight is 421 g/mol. The van der Waals surface area contributed by atoms with Crippen molar-refractivity contribution in [1.82, 2.24) is 9.88 Å². The number of nitrogens with one attached hydrogen (secondary N) is 1. The fourth-order valence-corrected chi connectivity index (χ4v) is 3.57. The quantitative estimate of drug-likeness (QED) is 0.538. The van der Waals surface area contributed by atoms with Gasteiger partial charge < -0.3 is 19.4 Å². The molecule has 0 saturated carbocycles. The van der Waals surface area contributed by atoms with Crippen LogP contribution in [0.3, 0.4) is 0 Å². The Morgan fingerprint density at radius 2 is 1.74 bits per heavy atom. The van der Waals surface area contributed by atoms with Crippen molar-refractivity contribution in [3.05, 3.63) is 88.2 Å². The number of aromatic nitrogens is 1. The molecule has 0 saturated heterocycles. The van der Waals surface area contributed by atoms with E-state index in [4.69, 9.17) is 9.47 Å². The third-order valence-corrected chi connectivity index (χ3v) is 5.24. The van der Waals surface area contributed by atoms with E-state index in [0.29, 0.717) is 36.7 Å². The molecule has 0 atom stereocenters. The molecule has 0 fully saturated rings. The second kappa shape index (κ2) is 9.98. The molecule has 31 heavy (non-hydrogen) atoms. The zero-order valence-electron chi connectivity index (χ0n) is 18.4. The van der Waals surface area contributed by atoms with Crippen LogP contribution in [0.1, 0.15) is 50.2 Å². The van der Waals surface area contributed by atoms with Crippen LogP contribution in [0.15, 0.2) is 54.6 Å². The van der Waals surface area contributed by atoms with Crippen molar-refractivity contribution in [1.29, 1.82) is 0 Å². The Balaban J connectivity index is 1.95. The maximum atomic E-state index is 13.5. The SMILES string of the molecule is CCOC(=O)c1[nH]c(C)c(CN(Cc2ccccc2)C(=O)c2cccc(OC)c2)c1C. The predicted molar refractivity (Wildman–Crippen MR) is 119 cm³/mol. The molecule has 1 aromatic heterocycles. The van der Waals surface area contributed by atoms with E-state index in [1.165, 1.54) is 0 Å². The smallest absolute Gasteiger partial charge is 0.355 e. The van der Waals surface area contributed by atoms with E-state index in [1.807, 2.05) is 50.2 Å². The van der Waals surface area contributed by atoms with Gasteiger partial charge in [-0.1, -0.05) is 36.4 Å². The molecule has 2 aromatic carbocycles. The van der Waals surface area contributed by atoms with Crippen LogP contribution in [-0.4, -0.2) is 35.5 Å². The lowest BCUT2D eigenvalue weighted by Gasteiger charge is -2.24. The number of hydrogen-bond donors (Lipinski definition) is 1. The minimum absolute atomic E-state index is 0.111. The summed E-state index contributed by atoms with van der Waals surface area (Å²) in [5.41, 5.74) is 4.56. The number of benzene rings is 2. The second-order valence-corrected chi connectivity index (χ2v) is 7.33. The van der Waals surface area contributed by atoms with Gasteiger partial charge in [-0.15, -0.1) is 0 Å². The number of esters is 1. The van der Waals surface area contributed by atoms with E-state index in [-0.39, 0.29) is 11.9 Å². The molecule has 3 rings (SSSR count). The normalized spacial score (nSPS) is 10.6. The van der Waals surface area contributed by atoms with E-state index < -0.39 is 0 Å². The highest BCUT2D eigenvalue weighted by atomic mass is 16.5. The second-order valence-electron chi connectivity index (χ2n) is 7.33. The first-order valence-corrected chi connectivity index (χ1v) is 10.3. The highest BCUT2D eigenvalue weighted by Crippen LogP contribution is 2.24. The van der Waals surface area contributed by atoms with Crippen LogP contribution in [0.2, 0.25) is 0 Å². The van der Waals surface area contributed by atoms with Crippen LogP contribution >= 0.6 is 0 Å². The topological polar surface area (TPSA) is 71.6 Å². The van der Waals surface area contributed by atoms with Gasteiger partial charge >= 0.3 is 5.97 Å². The van der Waals surface area contributed by atoms with Crippen LogP contribution < -0.4 is 4.74 Å². The van der Waals surface area contributed by atoms with Gasteiger partial charge in [0.25, 0.3) is 5.91 Å². The van der Waals surface area contributed by atoms with E-state index in [0.717, 1.165) is 22.4 Å². The van der Waals surface area contributed by atoms with Gasteiger partial charge in [0, 0.05) is 24.3 Å². The number of ether oxygens (including phenoxy) is 2. The molecule has 162 valence electrons. The van der Waals surface area contributed by atoms with Gasteiger partial charge in [-0.05, 0) is 55.7 Å². The molecular formula is C25H28N2O4. The lowest BCUT2D eigenvalue weighted by molar-refractivity contribution is 0.0519. The molecule has 6 heteroatoms. The predicted octanol–water partition coefficient (Wildman–Crippen LogP) is 4.66. The number of aryl methyl sites for hydroxylation is 1. The van der Waals surface area contributed by atoms with Crippen LogP contribution in [-0.2, 0) is 17.8 Å². The summed E-state index contributed by atoms with van der Waals surface area (Å²) in [4.78, 5) is 30.7. The lowest BCUT2D eigenvalue weighted by atomic mass is 10.1. The number of H-pyrrole nitrogens is 1. The summed E-state index contributed by atoms with van der Waals surface area (Å²) in [7, 11) is 1.58. The summed E-state index contributed by atoms with van der Waals surface area (Å²) < 4.78 is 10.4. The maximum absolute atomic E-state index is 13.5. The van der Waals surface area contributed by atoms with E-state index >= 15 is 0 Å². The van der Waals surface area contributed by atoms with Gasteiger partial charge in [0.1, 0.15) is 11.4 Å². The summed E-state index contributed by atoms with van der Waals surface area (Å²) in [6.07, 6.45) is 0. The molecule has 0 radical (unpaired) electrons. The van der Waals surface area contributed by atoms with Gasteiger partial charge in [-0.25, -0.2) is 4.79 Å². The van der Waals surface area contributed by atoms with Crippen LogP contribution in [0.5, 0.6) is 5.75 Å². The maximum Gasteiger partial charge on any atom is 0.355 e. The highest BCUT2D eigenvalue weighted by molar-refractivity contribution is 5.95. The molecule has 0 aliphatic rings. The summed E-state index contributed by atoms with van der Waals surface area (Å²) in [6.45, 7) is 6.66. The molecule has 1 N–H and O–H groups in total. The summed E-state index contributed by atoms with van der Waals surface area (Å²) in [6, 6.07) is 17.0. The fraction of sp³-hybridized carbons (Fsp3) is 0.280. The van der Waals surface area contributed by atoms with Crippen molar-refractivity contribution in [2.45, 2.75) is 33.9 Å². The Kier molecular flexibility index (Phi) is 7.13. The minimum atomic E-state index is -0.386.